The molecule has 7 nitrogen and oxygen atoms in total. The molecule has 0 saturated heterocycles. The number of fused-ring (bicyclic) bond motifs is 5. The Balaban J connectivity index is 1.44. The predicted molar refractivity (Wildman–Crippen MR) is 137 cm³/mol. The second-order valence-corrected chi connectivity index (χ2v) is 11.6. The fourth-order valence-electron chi connectivity index (χ4n) is 5.38. The van der Waals surface area contributed by atoms with Crippen LogP contribution in [-0.4, -0.2) is 32.1 Å². The lowest BCUT2D eigenvalue weighted by Gasteiger charge is -2.18. The van der Waals surface area contributed by atoms with Crippen LogP contribution in [0.3, 0.4) is 0 Å². The van der Waals surface area contributed by atoms with Gasteiger partial charge in [-0.15, -0.1) is 0 Å². The summed E-state index contributed by atoms with van der Waals surface area (Å²) in [5.41, 5.74) is 5.04. The zero-order valence-corrected chi connectivity index (χ0v) is 20.9. The highest BCUT2D eigenvalue weighted by Crippen LogP contribution is 2.40. The number of aromatic nitrogens is 1. The molecular weight excluding hydrogens is 479 g/mol. The van der Waals surface area contributed by atoms with Gasteiger partial charge in [0, 0.05) is 53.2 Å². The molecule has 6 rings (SSSR count). The maximum atomic E-state index is 14.7. The molecule has 1 aromatic carbocycles. The smallest absolute Gasteiger partial charge is 0.201 e. The number of nitrogens with one attached hydrogen (secondary N) is 1. The summed E-state index contributed by atoms with van der Waals surface area (Å²) in [6, 6.07) is 6.95. The molecule has 1 unspecified atom stereocenters. The van der Waals surface area contributed by atoms with Gasteiger partial charge in [-0.05, 0) is 55.9 Å². The molecule has 4 aliphatic rings. The van der Waals surface area contributed by atoms with Crippen molar-refractivity contribution in [2.45, 2.75) is 51.3 Å². The molecule has 1 N–H and O–H groups in total. The van der Waals surface area contributed by atoms with Crippen molar-refractivity contribution in [2.75, 3.05) is 6.61 Å². The number of benzene rings is 1. The molecule has 36 heavy (non-hydrogen) atoms. The maximum Gasteiger partial charge on any atom is 0.201 e. The van der Waals surface area contributed by atoms with Gasteiger partial charge in [0.15, 0.2) is 5.03 Å². The molecule has 5 heterocycles. The lowest BCUT2D eigenvalue weighted by atomic mass is 9.90. The van der Waals surface area contributed by atoms with Crippen LogP contribution in [0.1, 0.15) is 53.8 Å². The molecular formula is C27H27FN4O3S. The van der Waals surface area contributed by atoms with Gasteiger partial charge in [0.1, 0.15) is 17.4 Å². The van der Waals surface area contributed by atoms with Crippen LogP contribution in [0, 0.1) is 18.7 Å². The Labute approximate surface area is 209 Å². The predicted octanol–water partition coefficient (Wildman–Crippen LogP) is 4.41. The van der Waals surface area contributed by atoms with Gasteiger partial charge in [-0.2, -0.15) is 0 Å². The number of nitrogens with zero attached hydrogens (tertiary/aromatic N) is 3. The van der Waals surface area contributed by atoms with Gasteiger partial charge in [0.25, 0.3) is 0 Å². The van der Waals surface area contributed by atoms with E-state index < -0.39 is 9.84 Å². The fraction of sp³-hybridized carbons (Fsp3) is 0.370. The molecule has 0 aliphatic carbocycles. The average Bonchev–Trinajstić information content (AvgIpc) is 3.16. The van der Waals surface area contributed by atoms with Crippen LogP contribution >= 0.6 is 0 Å². The Morgan fingerprint density at radius 2 is 2.03 bits per heavy atom. The van der Waals surface area contributed by atoms with Crippen LogP contribution < -0.4 is 10.1 Å². The highest BCUT2D eigenvalue weighted by Gasteiger charge is 2.33. The van der Waals surface area contributed by atoms with E-state index in [4.69, 9.17) is 9.73 Å². The Morgan fingerprint density at radius 3 is 2.92 bits per heavy atom. The molecule has 2 aromatic rings. The van der Waals surface area contributed by atoms with E-state index >= 15 is 0 Å². The first-order valence-electron chi connectivity index (χ1n) is 12.3. The van der Waals surface area contributed by atoms with E-state index in [1.807, 2.05) is 25.3 Å². The summed E-state index contributed by atoms with van der Waals surface area (Å²) in [7, 11) is -3.64. The van der Waals surface area contributed by atoms with Crippen molar-refractivity contribution in [3.8, 4) is 5.75 Å². The van der Waals surface area contributed by atoms with Crippen LogP contribution in [0.5, 0.6) is 5.75 Å². The van der Waals surface area contributed by atoms with Crippen LogP contribution in [0.4, 0.5) is 4.39 Å². The standard InChI is InChI=1S/C27H27FN4O3S/c1-16-2-5-18-21-13-29-26(30-14-22-19-10-11-35-25(19)8-7-23(22)28)9-4-17-3-6-20(21)27(31-12-17)36(33,34)15-24(18)32-16/h2,5,7-8,12-13,17H,3-4,6,9-11,14-15H2,1H3,(H,29,30). The number of pyridine rings is 1. The molecule has 4 aliphatic heterocycles. The van der Waals surface area contributed by atoms with Crippen molar-refractivity contribution in [1.29, 1.82) is 0 Å². The SMILES string of the molecule is Cc1ccc2c(n1)CS(=O)(=O)C1=C3CCC(C=N1)CCC(=NCc1c(F)ccc4c1CCO4)NC=C32. The van der Waals surface area contributed by atoms with Crippen molar-refractivity contribution >= 4 is 27.5 Å². The molecule has 1 aromatic heterocycles. The van der Waals surface area contributed by atoms with Crippen molar-refractivity contribution < 1.29 is 17.5 Å². The monoisotopic (exact) mass is 506 g/mol. The third-order valence-electron chi connectivity index (χ3n) is 7.28. The minimum Gasteiger partial charge on any atom is -0.493 e. The van der Waals surface area contributed by atoms with E-state index in [0.717, 1.165) is 52.4 Å². The van der Waals surface area contributed by atoms with Crippen LogP contribution in [0.2, 0.25) is 0 Å². The van der Waals surface area contributed by atoms with Crippen LogP contribution in [0.25, 0.3) is 5.57 Å². The quantitative estimate of drug-likeness (QED) is 0.652. The van der Waals surface area contributed by atoms with E-state index in [0.29, 0.717) is 37.1 Å². The summed E-state index contributed by atoms with van der Waals surface area (Å²) >= 11 is 0. The summed E-state index contributed by atoms with van der Waals surface area (Å²) in [5, 5.41) is 3.50. The molecule has 0 fully saturated rings. The summed E-state index contributed by atoms with van der Waals surface area (Å²) in [6.07, 6.45) is 7.14. The first-order valence-corrected chi connectivity index (χ1v) is 13.9. The highest BCUT2D eigenvalue weighted by molar-refractivity contribution is 7.94. The number of hydrogen-bond acceptors (Lipinski definition) is 6. The number of ether oxygens (including phenoxy) is 1. The second kappa shape index (κ2) is 8.96. The number of sulfone groups is 1. The Bertz CT molecular complexity index is 1490. The van der Waals surface area contributed by atoms with Gasteiger partial charge in [0.05, 0.1) is 24.6 Å². The molecule has 0 spiro atoms. The van der Waals surface area contributed by atoms with Crippen LogP contribution in [-0.2, 0) is 28.6 Å². The van der Waals surface area contributed by atoms with E-state index in [1.54, 1.807) is 12.3 Å². The average molecular weight is 507 g/mol. The van der Waals surface area contributed by atoms with Crippen LogP contribution in [0.15, 0.2) is 51.1 Å². The molecule has 0 saturated carbocycles. The third kappa shape index (κ3) is 4.15. The Morgan fingerprint density at radius 1 is 1.17 bits per heavy atom. The molecule has 0 amide bonds. The summed E-state index contributed by atoms with van der Waals surface area (Å²) < 4.78 is 47.0. The lowest BCUT2D eigenvalue weighted by Crippen LogP contribution is -2.21. The second-order valence-electron chi connectivity index (χ2n) is 9.67. The van der Waals surface area contributed by atoms with Gasteiger partial charge in [0.2, 0.25) is 9.84 Å². The number of rotatable bonds is 2. The molecule has 186 valence electrons. The Hall–Kier alpha value is -3.33. The molecule has 1 atom stereocenters. The van der Waals surface area contributed by atoms with Gasteiger partial charge >= 0.3 is 0 Å². The minimum absolute atomic E-state index is 0.125. The Kier molecular flexibility index (Phi) is 5.75. The number of allylic oxidation sites excluding steroid dienone is 2. The zero-order valence-electron chi connectivity index (χ0n) is 20.1. The fourth-order valence-corrected chi connectivity index (χ4v) is 6.90. The minimum atomic E-state index is -3.64. The first kappa shape index (κ1) is 23.1. The van der Waals surface area contributed by atoms with E-state index in [2.05, 4.69) is 15.3 Å². The van der Waals surface area contributed by atoms with Gasteiger partial charge in [-0.1, -0.05) is 6.07 Å². The van der Waals surface area contributed by atoms with E-state index in [1.165, 1.54) is 6.07 Å². The van der Waals surface area contributed by atoms with Crippen molar-refractivity contribution in [3.05, 3.63) is 75.0 Å². The molecule has 2 bridgehead atoms. The summed E-state index contributed by atoms with van der Waals surface area (Å²) in [5.74, 6) is 1.14. The number of hydrogen-bond donors (Lipinski definition) is 1. The van der Waals surface area contributed by atoms with E-state index in [-0.39, 0.29) is 29.1 Å². The van der Waals surface area contributed by atoms with Crippen molar-refractivity contribution in [3.63, 3.8) is 0 Å². The number of aliphatic imine (C=N–C) groups is 2. The van der Waals surface area contributed by atoms with Gasteiger partial charge < -0.3 is 10.1 Å². The first-order chi connectivity index (χ1) is 17.4. The lowest BCUT2D eigenvalue weighted by molar-refractivity contribution is 0.356. The zero-order chi connectivity index (χ0) is 24.9. The van der Waals surface area contributed by atoms with Gasteiger partial charge in [-0.25, -0.2) is 17.8 Å². The number of amidine groups is 1. The highest BCUT2D eigenvalue weighted by atomic mass is 32.2. The number of aryl methyl sites for hydroxylation is 1. The number of halogens is 1. The largest absolute Gasteiger partial charge is 0.493 e. The normalized spacial score (nSPS) is 23.2. The molecule has 0 radical (unpaired) electrons. The third-order valence-corrected chi connectivity index (χ3v) is 8.87. The van der Waals surface area contributed by atoms with Crippen molar-refractivity contribution in [2.24, 2.45) is 15.9 Å². The van der Waals surface area contributed by atoms with Gasteiger partial charge in [-0.3, -0.25) is 9.98 Å². The van der Waals surface area contributed by atoms with Crippen molar-refractivity contribution in [1.82, 2.24) is 10.3 Å². The summed E-state index contributed by atoms with van der Waals surface area (Å²) in [6.45, 7) is 2.62. The molecule has 9 heteroatoms. The van der Waals surface area contributed by atoms with E-state index in [9.17, 15) is 12.8 Å². The maximum absolute atomic E-state index is 14.7. The topological polar surface area (TPSA) is 93.0 Å². The summed E-state index contributed by atoms with van der Waals surface area (Å²) in [4.78, 5) is 13.9.